The number of nitrogens with zero attached hydrogens (tertiary/aromatic N) is 2. The fourth-order valence-corrected chi connectivity index (χ4v) is 4.78. The van der Waals surface area contributed by atoms with Crippen LogP contribution in [0.2, 0.25) is 0 Å². The van der Waals surface area contributed by atoms with Crippen LogP contribution in [0, 0.1) is 0 Å². The number of hydrogen-bond acceptors (Lipinski definition) is 6. The van der Waals surface area contributed by atoms with Gasteiger partial charge in [-0.15, -0.1) is 0 Å². The summed E-state index contributed by atoms with van der Waals surface area (Å²) in [5.41, 5.74) is 2.34. The minimum Gasteiger partial charge on any atom is -0.481 e. The number of thioether (sulfide) groups is 1. The van der Waals surface area contributed by atoms with Crippen molar-refractivity contribution < 1.29 is 19.3 Å². The molecule has 3 aromatic rings. The van der Waals surface area contributed by atoms with Gasteiger partial charge in [-0.2, -0.15) is 0 Å². The quantitative estimate of drug-likeness (QED) is 0.237. The molecule has 32 heavy (non-hydrogen) atoms. The number of rotatable bonds is 8. The van der Waals surface area contributed by atoms with E-state index in [9.17, 15) is 9.59 Å². The molecule has 0 saturated heterocycles. The van der Waals surface area contributed by atoms with E-state index in [0.717, 1.165) is 34.3 Å². The number of hydrogen-bond donors (Lipinski definition) is 3. The number of H-pyrrole nitrogens is 1. The van der Waals surface area contributed by atoms with Gasteiger partial charge in [-0.1, -0.05) is 53.2 Å². The number of aromatic nitrogens is 3. The third kappa shape index (κ3) is 4.66. The van der Waals surface area contributed by atoms with Crippen molar-refractivity contribution in [3.8, 4) is 17.0 Å². The number of carbonyl (C=O) groups is 1. The highest BCUT2D eigenvalue weighted by atomic mass is 79.9. The van der Waals surface area contributed by atoms with Crippen LogP contribution in [0.25, 0.3) is 11.3 Å². The van der Waals surface area contributed by atoms with Gasteiger partial charge in [-0.3, -0.25) is 9.78 Å². The van der Waals surface area contributed by atoms with Gasteiger partial charge in [0.1, 0.15) is 5.75 Å². The van der Waals surface area contributed by atoms with E-state index in [1.54, 1.807) is 16.8 Å². The highest BCUT2D eigenvalue weighted by molar-refractivity contribution is 9.10. The van der Waals surface area contributed by atoms with Crippen LogP contribution in [0.1, 0.15) is 31.5 Å². The summed E-state index contributed by atoms with van der Waals surface area (Å²) in [5.74, 6) is 0.189. The van der Waals surface area contributed by atoms with E-state index in [4.69, 9.17) is 14.9 Å². The van der Waals surface area contributed by atoms with Gasteiger partial charge in [0.15, 0.2) is 6.61 Å². The lowest BCUT2D eigenvalue weighted by Crippen LogP contribution is -2.55. The van der Waals surface area contributed by atoms with Crippen molar-refractivity contribution in [1.29, 1.82) is 0 Å². The third-order valence-electron chi connectivity index (χ3n) is 4.94. The van der Waals surface area contributed by atoms with Crippen LogP contribution in [0.3, 0.4) is 0 Å². The molecular formula is C22H22BrN4O4S+. The van der Waals surface area contributed by atoms with E-state index in [-0.39, 0.29) is 5.56 Å². The molecule has 0 aliphatic carbocycles. The summed E-state index contributed by atoms with van der Waals surface area (Å²) in [6.45, 7) is 1.65. The summed E-state index contributed by atoms with van der Waals surface area (Å²) in [7, 11) is 0. The number of aromatic amines is 1. The summed E-state index contributed by atoms with van der Waals surface area (Å²) in [6.07, 6.45) is 1.51. The van der Waals surface area contributed by atoms with E-state index in [1.165, 1.54) is 11.8 Å². The van der Waals surface area contributed by atoms with Gasteiger partial charge in [0.2, 0.25) is 5.16 Å². The Kier molecular flexibility index (Phi) is 6.80. The number of anilines is 1. The van der Waals surface area contributed by atoms with Crippen LogP contribution in [0.15, 0.2) is 56.9 Å². The van der Waals surface area contributed by atoms with Crippen LogP contribution >= 0.6 is 27.7 Å². The van der Waals surface area contributed by atoms with Crippen molar-refractivity contribution in [2.75, 3.05) is 17.7 Å². The van der Waals surface area contributed by atoms with Crippen molar-refractivity contribution in [3.63, 3.8) is 0 Å². The molecule has 2 aromatic carbocycles. The molecule has 1 aliphatic heterocycles. The average molecular weight is 518 g/mol. The normalized spacial score (nSPS) is 14.2. The number of nitrogens with one attached hydrogen (secondary N) is 2. The average Bonchev–Trinajstić information content (AvgIpc) is 2.77. The van der Waals surface area contributed by atoms with Gasteiger partial charge in [0, 0.05) is 15.3 Å². The third-order valence-corrected chi connectivity index (χ3v) is 6.38. The smallest absolute Gasteiger partial charge is 0.341 e. The minimum absolute atomic E-state index is 0.242. The van der Waals surface area contributed by atoms with E-state index in [2.05, 4.69) is 33.2 Å². The van der Waals surface area contributed by atoms with Crippen molar-refractivity contribution in [1.82, 2.24) is 10.1 Å². The summed E-state index contributed by atoms with van der Waals surface area (Å²) < 4.78 is 8.03. The van der Waals surface area contributed by atoms with E-state index in [0.29, 0.717) is 22.2 Å². The van der Waals surface area contributed by atoms with E-state index >= 15 is 0 Å². The van der Waals surface area contributed by atoms with E-state index < -0.39 is 18.7 Å². The highest BCUT2D eigenvalue weighted by Gasteiger charge is 2.39. The number of ether oxygens (including phenoxy) is 1. The first-order valence-electron chi connectivity index (χ1n) is 10.2. The molecule has 166 valence electrons. The Labute approximate surface area is 197 Å². The Morgan fingerprint density at radius 2 is 2.12 bits per heavy atom. The molecule has 3 N–H and O–H groups in total. The lowest BCUT2D eigenvalue weighted by Gasteiger charge is -2.23. The zero-order valence-electron chi connectivity index (χ0n) is 17.3. The zero-order chi connectivity index (χ0) is 22.7. The second-order valence-corrected chi connectivity index (χ2v) is 9.21. The Morgan fingerprint density at radius 3 is 2.91 bits per heavy atom. The van der Waals surface area contributed by atoms with Crippen LogP contribution in [0.4, 0.5) is 5.69 Å². The number of halogens is 1. The van der Waals surface area contributed by atoms with Gasteiger partial charge in [-0.05, 0) is 41.4 Å². The molecule has 4 rings (SSSR count). The molecule has 10 heteroatoms. The molecule has 8 nitrogen and oxygen atoms in total. The summed E-state index contributed by atoms with van der Waals surface area (Å²) in [4.78, 5) is 27.1. The summed E-state index contributed by atoms with van der Waals surface area (Å²) in [6, 6.07) is 12.8. The van der Waals surface area contributed by atoms with Crippen LogP contribution in [-0.4, -0.2) is 33.5 Å². The van der Waals surface area contributed by atoms with Gasteiger partial charge >= 0.3 is 17.2 Å². The first-order valence-corrected chi connectivity index (χ1v) is 11.9. The Balaban J connectivity index is 1.85. The number of fused-ring (bicyclic) bond motifs is 3. The Morgan fingerprint density at radius 1 is 1.31 bits per heavy atom. The standard InChI is InChI=1S/C22H21BrN4O4S/c1-2-3-10-32-22-25-21(30)19-15-11-13(23)8-9-16(15)24-20(27(19)26-22)14-6-4-5-7-17(14)31-12-18(28)29/h4-9,11,20H,2-3,10,12H2,1H3,(H2,25,26,28,29,30)/p+1/t20-/m1/s1. The summed E-state index contributed by atoms with van der Waals surface area (Å²) in [5, 5.41) is 17.8. The SMILES string of the molecule is CCCCSc1n[n+]2c(c(=O)[nH]1)-c1cc(Br)ccc1N[C@H]2c1ccccc1OCC(=O)O. The number of aliphatic carboxylic acids is 1. The molecule has 1 atom stereocenters. The maximum absolute atomic E-state index is 13.2. The highest BCUT2D eigenvalue weighted by Crippen LogP contribution is 2.36. The van der Waals surface area contributed by atoms with Crippen LogP contribution in [-0.2, 0) is 4.79 Å². The monoisotopic (exact) mass is 517 g/mol. The first-order chi connectivity index (χ1) is 15.5. The van der Waals surface area contributed by atoms with Crippen LogP contribution < -0.4 is 20.3 Å². The lowest BCUT2D eigenvalue weighted by atomic mass is 10.0. The van der Waals surface area contributed by atoms with Gasteiger partial charge in [0.05, 0.1) is 16.8 Å². The Hall–Kier alpha value is -2.85. The van der Waals surface area contributed by atoms with Crippen molar-refractivity contribution in [2.24, 2.45) is 0 Å². The largest absolute Gasteiger partial charge is 0.481 e. The fourth-order valence-electron chi connectivity index (χ4n) is 3.48. The molecule has 1 aromatic heterocycles. The lowest BCUT2D eigenvalue weighted by molar-refractivity contribution is -0.759. The molecule has 0 saturated carbocycles. The van der Waals surface area contributed by atoms with Gasteiger partial charge in [0.25, 0.3) is 6.17 Å². The predicted octanol–water partition coefficient (Wildman–Crippen LogP) is 3.81. The zero-order valence-corrected chi connectivity index (χ0v) is 19.7. The second kappa shape index (κ2) is 9.74. The first kappa shape index (κ1) is 22.3. The fraction of sp³-hybridized carbons (Fsp3) is 0.273. The van der Waals surface area contributed by atoms with Crippen molar-refractivity contribution >= 4 is 39.3 Å². The molecule has 0 radical (unpaired) electrons. The number of carboxylic acids is 1. The maximum Gasteiger partial charge on any atom is 0.341 e. The molecule has 1 aliphatic rings. The van der Waals surface area contributed by atoms with Crippen molar-refractivity contribution in [2.45, 2.75) is 31.1 Å². The number of unbranched alkanes of at least 4 members (excludes halogenated alkanes) is 1. The molecule has 0 bridgehead atoms. The molecule has 0 spiro atoms. The topological polar surface area (TPSA) is 108 Å². The summed E-state index contributed by atoms with van der Waals surface area (Å²) >= 11 is 4.98. The van der Waals surface area contributed by atoms with E-state index in [1.807, 2.05) is 30.3 Å². The molecule has 0 unspecified atom stereocenters. The predicted molar refractivity (Wildman–Crippen MR) is 125 cm³/mol. The van der Waals surface area contributed by atoms with Gasteiger partial charge < -0.3 is 15.2 Å². The number of benzene rings is 2. The number of carboxylic acid groups (broad SMARTS) is 1. The molecule has 2 heterocycles. The maximum atomic E-state index is 13.2. The molecular weight excluding hydrogens is 496 g/mol. The van der Waals surface area contributed by atoms with Crippen molar-refractivity contribution in [3.05, 3.63) is 62.9 Å². The second-order valence-electron chi connectivity index (χ2n) is 7.21. The van der Waals surface area contributed by atoms with Gasteiger partial charge in [-0.25, -0.2) is 4.79 Å². The minimum atomic E-state index is -1.07. The Bertz CT molecular complexity index is 1220. The molecule has 0 amide bonds. The number of para-hydroxylation sites is 1. The van der Waals surface area contributed by atoms with Crippen LogP contribution in [0.5, 0.6) is 5.75 Å². The molecule has 0 fully saturated rings.